The molecule has 2 aromatic rings. The van der Waals surface area contributed by atoms with Crippen molar-refractivity contribution < 1.29 is 14.3 Å². The zero-order valence-corrected chi connectivity index (χ0v) is 12.4. The lowest BCUT2D eigenvalue weighted by molar-refractivity contribution is -0.126. The Morgan fingerprint density at radius 1 is 1.27 bits per heavy atom. The lowest BCUT2D eigenvalue weighted by Gasteiger charge is -2.22. The van der Waals surface area contributed by atoms with Crippen LogP contribution in [-0.2, 0) is 9.53 Å². The summed E-state index contributed by atoms with van der Waals surface area (Å²) in [5.41, 5.74) is 0. The van der Waals surface area contributed by atoms with Gasteiger partial charge in [0.05, 0.1) is 19.8 Å². The van der Waals surface area contributed by atoms with E-state index in [0.29, 0.717) is 32.9 Å². The van der Waals surface area contributed by atoms with E-state index in [4.69, 9.17) is 9.47 Å². The third kappa shape index (κ3) is 3.55. The molecule has 3 rings (SSSR count). The van der Waals surface area contributed by atoms with E-state index in [2.05, 4.69) is 22.8 Å². The van der Waals surface area contributed by atoms with Crippen molar-refractivity contribution in [2.24, 2.45) is 0 Å². The monoisotopic (exact) mass is 300 g/mol. The Kier molecular flexibility index (Phi) is 4.88. The van der Waals surface area contributed by atoms with Gasteiger partial charge in [-0.25, -0.2) is 0 Å². The summed E-state index contributed by atoms with van der Waals surface area (Å²) in [4.78, 5) is 11.9. The van der Waals surface area contributed by atoms with E-state index in [-0.39, 0.29) is 11.9 Å². The molecule has 5 nitrogen and oxygen atoms in total. The summed E-state index contributed by atoms with van der Waals surface area (Å²) in [6.45, 7) is 2.71. The number of hydrogen-bond donors (Lipinski definition) is 2. The van der Waals surface area contributed by atoms with Crippen LogP contribution in [0.2, 0.25) is 0 Å². The molecule has 1 amide bonds. The predicted octanol–water partition coefficient (Wildman–Crippen LogP) is 1.32. The highest BCUT2D eigenvalue weighted by Gasteiger charge is 2.20. The summed E-state index contributed by atoms with van der Waals surface area (Å²) < 4.78 is 11.1. The summed E-state index contributed by atoms with van der Waals surface area (Å²) in [5.74, 6) is 0.799. The van der Waals surface area contributed by atoms with Crippen molar-refractivity contribution in [2.45, 2.75) is 6.04 Å². The molecule has 1 aliphatic heterocycles. The zero-order chi connectivity index (χ0) is 15.2. The lowest BCUT2D eigenvalue weighted by Crippen LogP contribution is -2.51. The highest BCUT2D eigenvalue weighted by atomic mass is 16.5. The highest BCUT2D eigenvalue weighted by Crippen LogP contribution is 2.24. The van der Waals surface area contributed by atoms with Crippen molar-refractivity contribution in [3.05, 3.63) is 42.5 Å². The van der Waals surface area contributed by atoms with Gasteiger partial charge in [0.25, 0.3) is 0 Å². The maximum absolute atomic E-state index is 11.9. The Morgan fingerprint density at radius 2 is 2.14 bits per heavy atom. The predicted molar refractivity (Wildman–Crippen MR) is 85.1 cm³/mol. The van der Waals surface area contributed by atoms with Crippen molar-refractivity contribution in [2.75, 3.05) is 32.9 Å². The Morgan fingerprint density at radius 3 is 3.00 bits per heavy atom. The number of carbonyl (C=O) groups is 1. The molecule has 2 aromatic carbocycles. The first-order valence-electron chi connectivity index (χ1n) is 7.54. The standard InChI is InChI=1S/C17H20N2O3/c20-17(15-12-21-10-8-18-15)19-9-11-22-16-7-3-5-13-4-1-2-6-14(13)16/h1-7,15,18H,8-12H2,(H,19,20)/t15-/m1/s1. The highest BCUT2D eigenvalue weighted by molar-refractivity contribution is 5.88. The summed E-state index contributed by atoms with van der Waals surface area (Å²) in [6, 6.07) is 13.8. The van der Waals surface area contributed by atoms with E-state index in [0.717, 1.165) is 16.5 Å². The molecular formula is C17H20N2O3. The fourth-order valence-electron chi connectivity index (χ4n) is 2.51. The van der Waals surface area contributed by atoms with Gasteiger partial charge in [0.2, 0.25) is 5.91 Å². The maximum atomic E-state index is 11.9. The molecule has 1 atom stereocenters. The number of morpholine rings is 1. The van der Waals surface area contributed by atoms with Gasteiger partial charge in [-0.15, -0.1) is 0 Å². The van der Waals surface area contributed by atoms with E-state index >= 15 is 0 Å². The number of benzene rings is 2. The first kappa shape index (κ1) is 14.8. The van der Waals surface area contributed by atoms with Gasteiger partial charge in [0.1, 0.15) is 18.4 Å². The molecule has 0 aromatic heterocycles. The lowest BCUT2D eigenvalue weighted by atomic mass is 10.1. The van der Waals surface area contributed by atoms with Crippen LogP contribution < -0.4 is 15.4 Å². The van der Waals surface area contributed by atoms with Crippen LogP contribution >= 0.6 is 0 Å². The van der Waals surface area contributed by atoms with Crippen LogP contribution in [0.5, 0.6) is 5.75 Å². The fourth-order valence-corrected chi connectivity index (χ4v) is 2.51. The number of hydrogen-bond acceptors (Lipinski definition) is 4. The number of ether oxygens (including phenoxy) is 2. The van der Waals surface area contributed by atoms with Crippen molar-refractivity contribution in [3.63, 3.8) is 0 Å². The van der Waals surface area contributed by atoms with Crippen molar-refractivity contribution in [1.29, 1.82) is 0 Å². The van der Waals surface area contributed by atoms with Crippen LogP contribution in [0.1, 0.15) is 0 Å². The van der Waals surface area contributed by atoms with Crippen LogP contribution in [0.4, 0.5) is 0 Å². The van der Waals surface area contributed by atoms with Crippen LogP contribution in [0.25, 0.3) is 10.8 Å². The average molecular weight is 300 g/mol. The minimum atomic E-state index is -0.258. The van der Waals surface area contributed by atoms with E-state index in [9.17, 15) is 4.79 Å². The Bertz CT molecular complexity index is 633. The molecule has 0 bridgehead atoms. The van der Waals surface area contributed by atoms with Gasteiger partial charge in [-0.2, -0.15) is 0 Å². The van der Waals surface area contributed by atoms with E-state index in [1.165, 1.54) is 0 Å². The molecule has 1 heterocycles. The molecule has 0 radical (unpaired) electrons. The minimum absolute atomic E-state index is 0.0405. The zero-order valence-electron chi connectivity index (χ0n) is 12.4. The second kappa shape index (κ2) is 7.24. The van der Waals surface area contributed by atoms with Gasteiger partial charge in [0, 0.05) is 11.9 Å². The molecule has 1 aliphatic rings. The molecular weight excluding hydrogens is 280 g/mol. The normalized spacial score (nSPS) is 18.1. The third-order valence-corrected chi connectivity index (χ3v) is 3.65. The van der Waals surface area contributed by atoms with Crippen LogP contribution in [0.15, 0.2) is 42.5 Å². The maximum Gasteiger partial charge on any atom is 0.239 e. The minimum Gasteiger partial charge on any atom is -0.491 e. The Labute approximate surface area is 129 Å². The largest absolute Gasteiger partial charge is 0.491 e. The van der Waals surface area contributed by atoms with E-state index in [1.807, 2.05) is 30.3 Å². The van der Waals surface area contributed by atoms with Gasteiger partial charge < -0.3 is 20.1 Å². The topological polar surface area (TPSA) is 59.6 Å². The Balaban J connectivity index is 1.49. The summed E-state index contributed by atoms with van der Waals surface area (Å²) >= 11 is 0. The van der Waals surface area contributed by atoms with Crippen LogP contribution in [0.3, 0.4) is 0 Å². The van der Waals surface area contributed by atoms with Crippen LogP contribution in [-0.4, -0.2) is 44.9 Å². The number of amides is 1. The van der Waals surface area contributed by atoms with E-state index in [1.54, 1.807) is 0 Å². The van der Waals surface area contributed by atoms with Crippen molar-refractivity contribution >= 4 is 16.7 Å². The Hall–Kier alpha value is -2.11. The molecule has 0 aliphatic carbocycles. The number of rotatable bonds is 5. The summed E-state index contributed by atoms with van der Waals surface area (Å²) in [7, 11) is 0. The molecule has 0 unspecified atom stereocenters. The van der Waals surface area contributed by atoms with E-state index < -0.39 is 0 Å². The molecule has 2 N–H and O–H groups in total. The molecule has 116 valence electrons. The molecule has 1 saturated heterocycles. The molecule has 1 fully saturated rings. The van der Waals surface area contributed by atoms with Gasteiger partial charge in [0.15, 0.2) is 0 Å². The quantitative estimate of drug-likeness (QED) is 0.818. The smallest absolute Gasteiger partial charge is 0.239 e. The van der Waals surface area contributed by atoms with Crippen molar-refractivity contribution in [1.82, 2.24) is 10.6 Å². The van der Waals surface area contributed by atoms with Crippen molar-refractivity contribution in [3.8, 4) is 5.75 Å². The number of nitrogens with one attached hydrogen (secondary N) is 2. The SMILES string of the molecule is O=C(NCCOc1cccc2ccccc12)[C@H]1COCCN1. The van der Waals surface area contributed by atoms with Gasteiger partial charge >= 0.3 is 0 Å². The first-order valence-corrected chi connectivity index (χ1v) is 7.54. The van der Waals surface area contributed by atoms with Gasteiger partial charge in [-0.05, 0) is 11.5 Å². The molecule has 22 heavy (non-hydrogen) atoms. The number of fused-ring (bicyclic) bond motifs is 1. The second-order valence-electron chi connectivity index (χ2n) is 5.20. The third-order valence-electron chi connectivity index (χ3n) is 3.65. The molecule has 0 spiro atoms. The van der Waals surface area contributed by atoms with Gasteiger partial charge in [-0.1, -0.05) is 36.4 Å². The van der Waals surface area contributed by atoms with Gasteiger partial charge in [-0.3, -0.25) is 4.79 Å². The second-order valence-corrected chi connectivity index (χ2v) is 5.20. The molecule has 0 saturated carbocycles. The first-order chi connectivity index (χ1) is 10.8. The van der Waals surface area contributed by atoms with Crippen LogP contribution in [0, 0.1) is 0 Å². The number of carbonyl (C=O) groups excluding carboxylic acids is 1. The fraction of sp³-hybridized carbons (Fsp3) is 0.353. The molecule has 5 heteroatoms. The average Bonchev–Trinajstić information content (AvgIpc) is 2.59. The summed E-state index contributed by atoms with van der Waals surface area (Å²) in [6.07, 6.45) is 0. The summed E-state index contributed by atoms with van der Waals surface area (Å²) in [5, 5.41) is 8.22.